The van der Waals surface area contributed by atoms with Crippen LogP contribution in [0.15, 0.2) is 59.4 Å². The highest BCUT2D eigenvalue weighted by molar-refractivity contribution is 5.91. The molecule has 1 amide bonds. The van der Waals surface area contributed by atoms with E-state index in [-0.39, 0.29) is 18.4 Å². The summed E-state index contributed by atoms with van der Waals surface area (Å²) in [6, 6.07) is 12.2. The van der Waals surface area contributed by atoms with E-state index in [2.05, 4.69) is 15.5 Å². The number of nitrogens with one attached hydrogen (secondary N) is 1. The number of amides is 1. The maximum absolute atomic E-state index is 11.9. The predicted octanol–water partition coefficient (Wildman–Crippen LogP) is 2.76. The summed E-state index contributed by atoms with van der Waals surface area (Å²) < 4.78 is 15.5. The Morgan fingerprint density at radius 3 is 2.71 bits per heavy atom. The number of carbonyl (C=O) groups excluding carboxylic acids is 1. The van der Waals surface area contributed by atoms with Gasteiger partial charge in [-0.25, -0.2) is 0 Å². The molecule has 1 N–H and O–H groups in total. The zero-order valence-corrected chi connectivity index (χ0v) is 12.9. The van der Waals surface area contributed by atoms with E-state index < -0.39 is 0 Å². The first kappa shape index (κ1) is 15.5. The molecule has 0 saturated heterocycles. The van der Waals surface area contributed by atoms with Crippen molar-refractivity contribution in [3.8, 4) is 22.8 Å². The first-order chi connectivity index (χ1) is 11.7. The van der Waals surface area contributed by atoms with Crippen LogP contribution in [-0.4, -0.2) is 29.8 Å². The molecular weight excluding hydrogens is 310 g/mol. The van der Waals surface area contributed by atoms with Crippen molar-refractivity contribution in [2.45, 2.75) is 0 Å². The summed E-state index contributed by atoms with van der Waals surface area (Å²) in [5, 5.41) is 6.48. The normalized spacial score (nSPS) is 10.2. The molecule has 2 aromatic heterocycles. The van der Waals surface area contributed by atoms with Crippen LogP contribution in [0.25, 0.3) is 11.3 Å². The molecule has 7 heteroatoms. The highest BCUT2D eigenvalue weighted by Gasteiger charge is 2.10. The number of ether oxygens (including phenoxy) is 2. The van der Waals surface area contributed by atoms with E-state index in [0.717, 1.165) is 11.3 Å². The van der Waals surface area contributed by atoms with Gasteiger partial charge in [-0.2, -0.15) is 0 Å². The Balaban J connectivity index is 1.54. The number of hydrogen-bond acceptors (Lipinski definition) is 6. The molecule has 24 heavy (non-hydrogen) atoms. The van der Waals surface area contributed by atoms with Gasteiger partial charge >= 0.3 is 0 Å². The number of aromatic nitrogens is 2. The van der Waals surface area contributed by atoms with Crippen LogP contribution in [0.2, 0.25) is 0 Å². The van der Waals surface area contributed by atoms with Crippen LogP contribution in [0.4, 0.5) is 5.88 Å². The summed E-state index contributed by atoms with van der Waals surface area (Å²) >= 11 is 0. The Labute approximate surface area is 138 Å². The van der Waals surface area contributed by atoms with Crippen LogP contribution in [0, 0.1) is 0 Å². The maximum atomic E-state index is 11.9. The van der Waals surface area contributed by atoms with Crippen LogP contribution < -0.4 is 14.8 Å². The lowest BCUT2D eigenvalue weighted by molar-refractivity contribution is -0.118. The average Bonchev–Trinajstić information content (AvgIpc) is 3.09. The molecule has 0 saturated carbocycles. The molecular formula is C17H15N3O4. The van der Waals surface area contributed by atoms with Gasteiger partial charge in [0.25, 0.3) is 5.91 Å². The second-order valence-corrected chi connectivity index (χ2v) is 4.83. The molecule has 3 aromatic rings. The Kier molecular flexibility index (Phi) is 4.71. The Hall–Kier alpha value is -3.35. The minimum Gasteiger partial charge on any atom is -0.497 e. The molecule has 2 heterocycles. The highest BCUT2D eigenvalue weighted by atomic mass is 16.5. The summed E-state index contributed by atoms with van der Waals surface area (Å²) in [5.74, 6) is 1.19. The number of nitrogens with zero attached hydrogens (tertiary/aromatic N) is 2. The lowest BCUT2D eigenvalue weighted by Crippen LogP contribution is -2.19. The van der Waals surface area contributed by atoms with Gasteiger partial charge < -0.3 is 14.0 Å². The number of methoxy groups -OCH3 is 1. The summed E-state index contributed by atoms with van der Waals surface area (Å²) in [7, 11) is 1.58. The quantitative estimate of drug-likeness (QED) is 0.750. The number of rotatable bonds is 6. The molecule has 0 radical (unpaired) electrons. The van der Waals surface area contributed by atoms with Gasteiger partial charge in [-0.1, -0.05) is 5.16 Å². The topological polar surface area (TPSA) is 86.5 Å². The van der Waals surface area contributed by atoms with E-state index in [4.69, 9.17) is 14.0 Å². The van der Waals surface area contributed by atoms with Crippen LogP contribution in [0.1, 0.15) is 0 Å². The monoisotopic (exact) mass is 325 g/mol. The maximum Gasteiger partial charge on any atom is 0.264 e. The minimum atomic E-state index is -0.347. The van der Waals surface area contributed by atoms with E-state index in [1.54, 1.807) is 55.9 Å². The average molecular weight is 325 g/mol. The molecule has 122 valence electrons. The van der Waals surface area contributed by atoms with Gasteiger partial charge in [-0.15, -0.1) is 0 Å². The van der Waals surface area contributed by atoms with Gasteiger partial charge in [0.05, 0.1) is 7.11 Å². The summed E-state index contributed by atoms with van der Waals surface area (Å²) in [6.45, 7) is -0.144. The van der Waals surface area contributed by atoms with Gasteiger partial charge in [0, 0.05) is 24.0 Å². The first-order valence-corrected chi connectivity index (χ1v) is 7.18. The van der Waals surface area contributed by atoms with E-state index in [1.807, 2.05) is 6.07 Å². The van der Waals surface area contributed by atoms with E-state index in [0.29, 0.717) is 11.4 Å². The zero-order valence-electron chi connectivity index (χ0n) is 12.9. The van der Waals surface area contributed by atoms with Crippen molar-refractivity contribution in [2.24, 2.45) is 0 Å². The smallest absolute Gasteiger partial charge is 0.264 e. The fraction of sp³-hybridized carbons (Fsp3) is 0.118. The SMILES string of the molecule is COc1ccc(OCC(=O)Nc2cc(-c3cccnc3)no2)cc1. The van der Waals surface area contributed by atoms with Crippen molar-refractivity contribution in [1.82, 2.24) is 10.1 Å². The van der Waals surface area contributed by atoms with Gasteiger partial charge in [0.2, 0.25) is 5.88 Å². The number of pyridine rings is 1. The zero-order chi connectivity index (χ0) is 16.8. The van der Waals surface area contributed by atoms with Gasteiger partial charge in [0.15, 0.2) is 6.61 Å². The molecule has 0 bridgehead atoms. The van der Waals surface area contributed by atoms with E-state index >= 15 is 0 Å². The van der Waals surface area contributed by atoms with Gasteiger partial charge in [-0.3, -0.25) is 15.1 Å². The molecule has 0 aliphatic heterocycles. The molecule has 0 unspecified atom stereocenters. The molecule has 0 aliphatic rings. The Bertz CT molecular complexity index is 800. The fourth-order valence-corrected chi connectivity index (χ4v) is 1.98. The van der Waals surface area contributed by atoms with Gasteiger partial charge in [0.1, 0.15) is 17.2 Å². The van der Waals surface area contributed by atoms with Crippen molar-refractivity contribution >= 4 is 11.8 Å². The van der Waals surface area contributed by atoms with Crippen molar-refractivity contribution in [3.63, 3.8) is 0 Å². The van der Waals surface area contributed by atoms with Gasteiger partial charge in [-0.05, 0) is 36.4 Å². The number of carbonyl (C=O) groups is 1. The third kappa shape index (κ3) is 3.89. The van der Waals surface area contributed by atoms with Crippen molar-refractivity contribution in [2.75, 3.05) is 19.0 Å². The molecule has 0 atom stereocenters. The minimum absolute atomic E-state index is 0.144. The van der Waals surface area contributed by atoms with Crippen molar-refractivity contribution in [1.29, 1.82) is 0 Å². The molecule has 0 aliphatic carbocycles. The molecule has 1 aromatic carbocycles. The predicted molar refractivity (Wildman–Crippen MR) is 86.9 cm³/mol. The molecule has 3 rings (SSSR count). The van der Waals surface area contributed by atoms with Crippen molar-refractivity contribution in [3.05, 3.63) is 54.9 Å². The number of benzene rings is 1. The molecule has 7 nitrogen and oxygen atoms in total. The van der Waals surface area contributed by atoms with Crippen LogP contribution in [0.5, 0.6) is 11.5 Å². The Morgan fingerprint density at radius 1 is 1.21 bits per heavy atom. The second kappa shape index (κ2) is 7.28. The molecule has 0 spiro atoms. The third-order valence-corrected chi connectivity index (χ3v) is 3.16. The summed E-state index contributed by atoms with van der Waals surface area (Å²) in [5.41, 5.74) is 1.39. The van der Waals surface area contributed by atoms with Crippen LogP contribution >= 0.6 is 0 Å². The largest absolute Gasteiger partial charge is 0.497 e. The first-order valence-electron chi connectivity index (χ1n) is 7.18. The third-order valence-electron chi connectivity index (χ3n) is 3.16. The Morgan fingerprint density at radius 2 is 2.00 bits per heavy atom. The molecule has 0 fully saturated rings. The van der Waals surface area contributed by atoms with Crippen LogP contribution in [-0.2, 0) is 4.79 Å². The lowest BCUT2D eigenvalue weighted by Gasteiger charge is -2.06. The van der Waals surface area contributed by atoms with E-state index in [9.17, 15) is 4.79 Å². The fourth-order valence-electron chi connectivity index (χ4n) is 1.98. The van der Waals surface area contributed by atoms with E-state index in [1.165, 1.54) is 0 Å². The number of hydrogen-bond donors (Lipinski definition) is 1. The van der Waals surface area contributed by atoms with Crippen LogP contribution in [0.3, 0.4) is 0 Å². The summed E-state index contributed by atoms with van der Waals surface area (Å²) in [4.78, 5) is 15.9. The van der Waals surface area contributed by atoms with Crippen molar-refractivity contribution < 1.29 is 18.8 Å². The lowest BCUT2D eigenvalue weighted by atomic mass is 10.2. The highest BCUT2D eigenvalue weighted by Crippen LogP contribution is 2.21. The second-order valence-electron chi connectivity index (χ2n) is 4.83. The number of anilines is 1. The standard InChI is InChI=1S/C17H15N3O4/c1-22-13-4-6-14(7-5-13)23-11-16(21)19-17-9-15(20-24-17)12-3-2-8-18-10-12/h2-10H,11H2,1H3,(H,19,21). The summed E-state index contributed by atoms with van der Waals surface area (Å²) in [6.07, 6.45) is 3.33.